The van der Waals surface area contributed by atoms with E-state index in [1.54, 1.807) is 31.3 Å². The van der Waals surface area contributed by atoms with Gasteiger partial charge in [0, 0.05) is 32.4 Å². The van der Waals surface area contributed by atoms with E-state index in [0.29, 0.717) is 31.7 Å². The van der Waals surface area contributed by atoms with Crippen LogP contribution in [0.15, 0.2) is 48.5 Å². The lowest BCUT2D eigenvalue weighted by Crippen LogP contribution is -2.53. The molecule has 1 atom stereocenters. The summed E-state index contributed by atoms with van der Waals surface area (Å²) in [7, 11) is 1.60. The van der Waals surface area contributed by atoms with Crippen molar-refractivity contribution >= 4 is 11.6 Å². The van der Waals surface area contributed by atoms with Gasteiger partial charge >= 0.3 is 0 Å². The van der Waals surface area contributed by atoms with Crippen LogP contribution in [0, 0.1) is 11.6 Å². The second kappa shape index (κ2) is 7.19. The molecule has 0 bridgehead atoms. The molecule has 2 aromatic carbocycles. The molecule has 132 valence electrons. The Labute approximate surface area is 145 Å². The first-order chi connectivity index (χ1) is 12.0. The molecule has 0 aromatic heterocycles. The average molecular weight is 345 g/mol. The Morgan fingerprint density at radius 2 is 1.92 bits per heavy atom. The largest absolute Gasteiger partial charge is 0.370 e. The SMILES string of the molecule is CNC(=O)C1(Nc2cccc(F)c2)CCN(Cc2ccc(F)cc2)C1. The van der Waals surface area contributed by atoms with E-state index in [2.05, 4.69) is 15.5 Å². The number of halogens is 2. The standard InChI is InChI=1S/C19H21F2N3O/c1-22-18(25)19(23-17-4-2-3-16(21)11-17)9-10-24(13-19)12-14-5-7-15(20)8-6-14/h2-8,11,23H,9-10,12-13H2,1H3,(H,22,25). The molecule has 1 unspecified atom stereocenters. The minimum Gasteiger partial charge on any atom is -0.370 e. The summed E-state index contributed by atoms with van der Waals surface area (Å²) in [5.41, 5.74) is 0.745. The molecule has 0 spiro atoms. The van der Waals surface area contributed by atoms with Gasteiger partial charge in [0.1, 0.15) is 17.2 Å². The van der Waals surface area contributed by atoms with Crippen molar-refractivity contribution in [2.75, 3.05) is 25.5 Å². The number of hydrogen-bond donors (Lipinski definition) is 2. The van der Waals surface area contributed by atoms with Crippen molar-refractivity contribution in [3.05, 3.63) is 65.7 Å². The molecule has 2 aromatic rings. The molecule has 1 saturated heterocycles. The Bertz CT molecular complexity index is 751. The van der Waals surface area contributed by atoms with Crippen molar-refractivity contribution in [3.63, 3.8) is 0 Å². The topological polar surface area (TPSA) is 44.4 Å². The van der Waals surface area contributed by atoms with Crippen molar-refractivity contribution in [3.8, 4) is 0 Å². The molecule has 0 saturated carbocycles. The third-order valence-electron chi connectivity index (χ3n) is 4.54. The highest BCUT2D eigenvalue weighted by molar-refractivity contribution is 5.90. The predicted molar refractivity (Wildman–Crippen MR) is 93.1 cm³/mol. The number of nitrogens with zero attached hydrogens (tertiary/aromatic N) is 1. The Morgan fingerprint density at radius 3 is 2.60 bits per heavy atom. The van der Waals surface area contributed by atoms with Crippen LogP contribution in [0.5, 0.6) is 0 Å². The van der Waals surface area contributed by atoms with Crippen LogP contribution < -0.4 is 10.6 Å². The van der Waals surface area contributed by atoms with Gasteiger partial charge in [0.25, 0.3) is 0 Å². The van der Waals surface area contributed by atoms with E-state index < -0.39 is 5.54 Å². The van der Waals surface area contributed by atoms with Crippen molar-refractivity contribution in [1.82, 2.24) is 10.2 Å². The van der Waals surface area contributed by atoms with Crippen LogP contribution >= 0.6 is 0 Å². The van der Waals surface area contributed by atoms with E-state index in [4.69, 9.17) is 0 Å². The van der Waals surface area contributed by atoms with Gasteiger partial charge in [-0.2, -0.15) is 0 Å². The van der Waals surface area contributed by atoms with Crippen LogP contribution in [0.2, 0.25) is 0 Å². The number of likely N-dealkylation sites (tertiary alicyclic amines) is 1. The van der Waals surface area contributed by atoms with Crippen LogP contribution in [-0.2, 0) is 11.3 Å². The summed E-state index contributed by atoms with van der Waals surface area (Å²) < 4.78 is 26.5. The zero-order chi connectivity index (χ0) is 17.9. The first kappa shape index (κ1) is 17.4. The van der Waals surface area contributed by atoms with Crippen molar-refractivity contribution in [2.45, 2.75) is 18.5 Å². The summed E-state index contributed by atoms with van der Waals surface area (Å²) in [5.74, 6) is -0.741. The second-order valence-electron chi connectivity index (χ2n) is 6.38. The van der Waals surface area contributed by atoms with Gasteiger partial charge in [-0.1, -0.05) is 18.2 Å². The molecule has 1 amide bonds. The quantitative estimate of drug-likeness (QED) is 0.876. The minimum atomic E-state index is -0.817. The minimum absolute atomic E-state index is 0.127. The molecule has 3 rings (SSSR count). The molecular weight excluding hydrogens is 324 g/mol. The van der Waals surface area contributed by atoms with E-state index in [0.717, 1.165) is 5.56 Å². The molecule has 4 nitrogen and oxygen atoms in total. The summed E-state index contributed by atoms with van der Waals surface area (Å²) >= 11 is 0. The molecule has 2 N–H and O–H groups in total. The van der Waals surface area contributed by atoms with Gasteiger partial charge in [0.15, 0.2) is 0 Å². The molecule has 6 heteroatoms. The van der Waals surface area contributed by atoms with Crippen LogP contribution in [0.25, 0.3) is 0 Å². The highest BCUT2D eigenvalue weighted by Crippen LogP contribution is 2.28. The Kier molecular flexibility index (Phi) is 4.99. The number of nitrogens with one attached hydrogen (secondary N) is 2. The highest BCUT2D eigenvalue weighted by atomic mass is 19.1. The number of amides is 1. The van der Waals surface area contributed by atoms with Crippen LogP contribution in [0.4, 0.5) is 14.5 Å². The molecule has 1 fully saturated rings. The molecular formula is C19H21F2N3O. The predicted octanol–water partition coefficient (Wildman–Crippen LogP) is 2.77. The smallest absolute Gasteiger partial charge is 0.246 e. The summed E-state index contributed by atoms with van der Waals surface area (Å²) in [6, 6.07) is 12.5. The normalized spacial score (nSPS) is 20.4. The van der Waals surface area contributed by atoms with Gasteiger partial charge in [0.2, 0.25) is 5.91 Å². The zero-order valence-electron chi connectivity index (χ0n) is 14.1. The van der Waals surface area contributed by atoms with Gasteiger partial charge in [-0.25, -0.2) is 8.78 Å². The van der Waals surface area contributed by atoms with E-state index in [9.17, 15) is 13.6 Å². The van der Waals surface area contributed by atoms with E-state index in [-0.39, 0.29) is 17.5 Å². The number of anilines is 1. The summed E-state index contributed by atoms with van der Waals surface area (Å²) in [5, 5.41) is 5.92. The fourth-order valence-electron chi connectivity index (χ4n) is 3.30. The fraction of sp³-hybridized carbons (Fsp3) is 0.316. The zero-order valence-corrected chi connectivity index (χ0v) is 14.1. The van der Waals surface area contributed by atoms with E-state index in [1.165, 1.54) is 24.3 Å². The van der Waals surface area contributed by atoms with Crippen LogP contribution in [0.3, 0.4) is 0 Å². The number of benzene rings is 2. The van der Waals surface area contributed by atoms with Gasteiger partial charge in [-0.15, -0.1) is 0 Å². The molecule has 0 aliphatic carbocycles. The second-order valence-corrected chi connectivity index (χ2v) is 6.38. The maximum Gasteiger partial charge on any atom is 0.246 e. The van der Waals surface area contributed by atoms with Crippen LogP contribution in [-0.4, -0.2) is 36.5 Å². The summed E-state index contributed by atoms with van der Waals surface area (Å²) in [6.07, 6.45) is 0.602. The third-order valence-corrected chi connectivity index (χ3v) is 4.54. The highest BCUT2D eigenvalue weighted by Gasteiger charge is 2.44. The van der Waals surface area contributed by atoms with Crippen LogP contribution in [0.1, 0.15) is 12.0 Å². The Hall–Kier alpha value is -2.47. The van der Waals surface area contributed by atoms with Crippen molar-refractivity contribution in [1.29, 1.82) is 0 Å². The lowest BCUT2D eigenvalue weighted by molar-refractivity contribution is -0.124. The fourth-order valence-corrected chi connectivity index (χ4v) is 3.30. The summed E-state index contributed by atoms with van der Waals surface area (Å²) in [6.45, 7) is 1.83. The molecule has 1 aliphatic heterocycles. The van der Waals surface area contributed by atoms with Gasteiger partial charge in [0.05, 0.1) is 0 Å². The number of carbonyl (C=O) groups excluding carboxylic acids is 1. The monoisotopic (exact) mass is 345 g/mol. The number of carbonyl (C=O) groups is 1. The van der Waals surface area contributed by atoms with E-state index >= 15 is 0 Å². The lowest BCUT2D eigenvalue weighted by atomic mass is 9.96. The first-order valence-electron chi connectivity index (χ1n) is 8.23. The maximum atomic E-state index is 13.5. The van der Waals surface area contributed by atoms with Gasteiger partial charge in [-0.05, 0) is 42.3 Å². The number of likely N-dealkylation sites (N-methyl/N-ethyl adjacent to an activating group) is 1. The first-order valence-corrected chi connectivity index (χ1v) is 8.23. The number of rotatable bonds is 5. The molecule has 25 heavy (non-hydrogen) atoms. The Balaban J connectivity index is 1.75. The molecule has 1 aliphatic rings. The lowest BCUT2D eigenvalue weighted by Gasteiger charge is -2.30. The van der Waals surface area contributed by atoms with Gasteiger partial charge in [-0.3, -0.25) is 9.69 Å². The van der Waals surface area contributed by atoms with Gasteiger partial charge < -0.3 is 10.6 Å². The third kappa shape index (κ3) is 3.96. The average Bonchev–Trinajstić information content (AvgIpc) is 3.00. The molecule has 1 heterocycles. The van der Waals surface area contributed by atoms with Crippen molar-refractivity contribution in [2.24, 2.45) is 0 Å². The maximum absolute atomic E-state index is 13.5. The molecule has 0 radical (unpaired) electrons. The number of hydrogen-bond acceptors (Lipinski definition) is 3. The summed E-state index contributed by atoms with van der Waals surface area (Å²) in [4.78, 5) is 14.7. The van der Waals surface area contributed by atoms with Crippen molar-refractivity contribution < 1.29 is 13.6 Å². The Morgan fingerprint density at radius 1 is 1.16 bits per heavy atom. The van der Waals surface area contributed by atoms with E-state index in [1.807, 2.05) is 0 Å².